The van der Waals surface area contributed by atoms with E-state index in [4.69, 9.17) is 5.73 Å². The molecule has 0 aliphatic heterocycles. The summed E-state index contributed by atoms with van der Waals surface area (Å²) in [5.74, 6) is 1.25. The van der Waals surface area contributed by atoms with Crippen molar-refractivity contribution in [2.75, 3.05) is 5.73 Å². The molecule has 1 saturated carbocycles. The Morgan fingerprint density at radius 3 is 3.07 bits per heavy atom. The highest BCUT2D eigenvalue weighted by Gasteiger charge is 2.22. The molecule has 1 heterocycles. The molecule has 2 N–H and O–H groups in total. The molecule has 0 amide bonds. The monoisotopic (exact) mass is 194 g/mol. The number of anilines is 1. The Morgan fingerprint density at radius 2 is 2.43 bits per heavy atom. The van der Waals surface area contributed by atoms with Gasteiger partial charge in [-0.15, -0.1) is 5.10 Å². The van der Waals surface area contributed by atoms with Crippen LogP contribution in [0.3, 0.4) is 0 Å². The average Bonchev–Trinajstić information content (AvgIpc) is 2.65. The summed E-state index contributed by atoms with van der Waals surface area (Å²) in [4.78, 5) is 3.97. The Balaban J connectivity index is 2.04. The molecule has 2 atom stereocenters. The van der Waals surface area contributed by atoms with Crippen LogP contribution in [0.25, 0.3) is 0 Å². The summed E-state index contributed by atoms with van der Waals surface area (Å²) in [5, 5.41) is 4.19. The Kier molecular flexibility index (Phi) is 2.70. The molecule has 0 saturated heterocycles. The Labute approximate surface area is 84.5 Å². The fourth-order valence-electron chi connectivity index (χ4n) is 2.34. The van der Waals surface area contributed by atoms with Crippen LogP contribution in [-0.4, -0.2) is 14.8 Å². The molecule has 78 valence electrons. The topological polar surface area (TPSA) is 56.7 Å². The maximum absolute atomic E-state index is 5.51. The smallest absolute Gasteiger partial charge is 0.239 e. The lowest BCUT2D eigenvalue weighted by Crippen LogP contribution is -2.19. The molecule has 1 fully saturated rings. The fourth-order valence-corrected chi connectivity index (χ4v) is 2.34. The number of nitrogen functional groups attached to an aromatic ring is 1. The Hall–Kier alpha value is -1.06. The maximum Gasteiger partial charge on any atom is 0.239 e. The zero-order chi connectivity index (χ0) is 9.97. The molecule has 2 unspecified atom stereocenters. The van der Waals surface area contributed by atoms with Crippen molar-refractivity contribution in [3.63, 3.8) is 0 Å². The van der Waals surface area contributed by atoms with E-state index < -0.39 is 0 Å². The van der Waals surface area contributed by atoms with Gasteiger partial charge in [0.05, 0.1) is 6.04 Å². The van der Waals surface area contributed by atoms with Gasteiger partial charge in [-0.1, -0.05) is 26.2 Å². The predicted molar refractivity (Wildman–Crippen MR) is 55.7 cm³/mol. The van der Waals surface area contributed by atoms with E-state index in [2.05, 4.69) is 17.0 Å². The first-order valence-corrected chi connectivity index (χ1v) is 5.46. The molecular formula is C10H18N4. The molecule has 1 aliphatic carbocycles. The van der Waals surface area contributed by atoms with Crippen LogP contribution in [-0.2, 0) is 0 Å². The highest BCUT2D eigenvalue weighted by Crippen LogP contribution is 2.33. The molecule has 2 rings (SSSR count). The summed E-state index contributed by atoms with van der Waals surface area (Å²) in [6.45, 7) is 2.27. The average molecular weight is 194 g/mol. The van der Waals surface area contributed by atoms with Crippen molar-refractivity contribution in [3.05, 3.63) is 6.33 Å². The molecule has 0 radical (unpaired) electrons. The lowest BCUT2D eigenvalue weighted by atomic mass is 9.84. The summed E-state index contributed by atoms with van der Waals surface area (Å²) in [7, 11) is 0. The summed E-state index contributed by atoms with van der Waals surface area (Å²) >= 11 is 0. The fraction of sp³-hybridized carbons (Fsp3) is 0.800. The zero-order valence-electron chi connectivity index (χ0n) is 8.69. The van der Waals surface area contributed by atoms with Gasteiger partial charge in [0.15, 0.2) is 0 Å². The van der Waals surface area contributed by atoms with Crippen LogP contribution in [0.5, 0.6) is 0 Å². The van der Waals surface area contributed by atoms with Crippen LogP contribution in [0.4, 0.5) is 5.95 Å². The van der Waals surface area contributed by atoms with E-state index in [9.17, 15) is 0 Å². The van der Waals surface area contributed by atoms with E-state index in [-0.39, 0.29) is 0 Å². The highest BCUT2D eigenvalue weighted by atomic mass is 15.4. The molecular weight excluding hydrogens is 176 g/mol. The number of hydrogen-bond acceptors (Lipinski definition) is 3. The quantitative estimate of drug-likeness (QED) is 0.783. The standard InChI is InChI=1S/C10H18N4/c1-2-8-4-3-5-9(6-8)14-7-12-10(11)13-14/h7-9H,2-6H2,1H3,(H2,11,13). The largest absolute Gasteiger partial charge is 0.367 e. The second-order valence-corrected chi connectivity index (χ2v) is 4.18. The van der Waals surface area contributed by atoms with Crippen LogP contribution in [0.1, 0.15) is 45.1 Å². The minimum Gasteiger partial charge on any atom is -0.367 e. The molecule has 1 aromatic heterocycles. The van der Waals surface area contributed by atoms with Crippen LogP contribution in [0, 0.1) is 5.92 Å². The second kappa shape index (κ2) is 3.98. The van der Waals surface area contributed by atoms with Crippen LogP contribution in [0.2, 0.25) is 0 Å². The van der Waals surface area contributed by atoms with Crippen LogP contribution >= 0.6 is 0 Å². The summed E-state index contributed by atoms with van der Waals surface area (Å²) in [5.41, 5.74) is 5.51. The Bertz CT molecular complexity index is 294. The van der Waals surface area contributed by atoms with Gasteiger partial charge < -0.3 is 5.73 Å². The molecule has 0 aromatic carbocycles. The highest BCUT2D eigenvalue weighted by molar-refractivity contribution is 5.09. The minimum atomic E-state index is 0.392. The third-order valence-corrected chi connectivity index (χ3v) is 3.23. The van der Waals surface area contributed by atoms with Crippen molar-refractivity contribution >= 4 is 5.95 Å². The van der Waals surface area contributed by atoms with Crippen LogP contribution in [0.15, 0.2) is 6.33 Å². The van der Waals surface area contributed by atoms with Gasteiger partial charge in [0.25, 0.3) is 0 Å². The molecule has 0 spiro atoms. The maximum atomic E-state index is 5.51. The SMILES string of the molecule is CCC1CCCC(n2cnc(N)n2)C1. The van der Waals surface area contributed by atoms with Gasteiger partial charge in [0.1, 0.15) is 6.33 Å². The number of nitrogens with two attached hydrogens (primary N) is 1. The van der Waals surface area contributed by atoms with Crippen molar-refractivity contribution in [2.45, 2.75) is 45.1 Å². The van der Waals surface area contributed by atoms with E-state index in [1.54, 1.807) is 6.33 Å². The zero-order valence-corrected chi connectivity index (χ0v) is 8.69. The van der Waals surface area contributed by atoms with Gasteiger partial charge in [0.2, 0.25) is 5.95 Å². The molecule has 4 heteroatoms. The van der Waals surface area contributed by atoms with Gasteiger partial charge in [-0.3, -0.25) is 0 Å². The second-order valence-electron chi connectivity index (χ2n) is 4.18. The van der Waals surface area contributed by atoms with Crippen LogP contribution < -0.4 is 5.73 Å². The number of rotatable bonds is 2. The molecule has 1 aliphatic rings. The van der Waals surface area contributed by atoms with Crippen molar-refractivity contribution in [1.29, 1.82) is 0 Å². The van der Waals surface area contributed by atoms with E-state index in [1.807, 2.05) is 4.68 Å². The van der Waals surface area contributed by atoms with Crippen molar-refractivity contribution in [1.82, 2.24) is 14.8 Å². The molecule has 0 bridgehead atoms. The summed E-state index contributed by atoms with van der Waals surface area (Å²) in [6, 6.07) is 0.526. The third-order valence-electron chi connectivity index (χ3n) is 3.23. The summed E-state index contributed by atoms with van der Waals surface area (Å²) < 4.78 is 1.94. The molecule has 14 heavy (non-hydrogen) atoms. The minimum absolute atomic E-state index is 0.392. The van der Waals surface area contributed by atoms with Gasteiger partial charge in [-0.2, -0.15) is 0 Å². The first kappa shape index (κ1) is 9.49. The lowest BCUT2D eigenvalue weighted by Gasteiger charge is -2.28. The number of nitrogens with zero attached hydrogens (tertiary/aromatic N) is 3. The van der Waals surface area contributed by atoms with Crippen molar-refractivity contribution in [3.8, 4) is 0 Å². The van der Waals surface area contributed by atoms with E-state index in [1.165, 1.54) is 32.1 Å². The molecule has 4 nitrogen and oxygen atoms in total. The summed E-state index contributed by atoms with van der Waals surface area (Å²) in [6.07, 6.45) is 8.18. The predicted octanol–water partition coefficient (Wildman–Crippen LogP) is 2.00. The normalized spacial score (nSPS) is 27.8. The lowest BCUT2D eigenvalue weighted by molar-refractivity contribution is 0.247. The van der Waals surface area contributed by atoms with Gasteiger partial charge in [-0.25, -0.2) is 9.67 Å². The molecule has 1 aromatic rings. The van der Waals surface area contributed by atoms with E-state index in [0.717, 1.165) is 5.92 Å². The van der Waals surface area contributed by atoms with Gasteiger partial charge in [-0.05, 0) is 18.8 Å². The van der Waals surface area contributed by atoms with E-state index in [0.29, 0.717) is 12.0 Å². The van der Waals surface area contributed by atoms with Crippen molar-refractivity contribution < 1.29 is 0 Å². The third kappa shape index (κ3) is 1.89. The van der Waals surface area contributed by atoms with Gasteiger partial charge in [0, 0.05) is 0 Å². The number of hydrogen-bond donors (Lipinski definition) is 1. The first-order valence-electron chi connectivity index (χ1n) is 5.46. The Morgan fingerprint density at radius 1 is 1.57 bits per heavy atom. The van der Waals surface area contributed by atoms with E-state index >= 15 is 0 Å². The number of aromatic nitrogens is 3. The van der Waals surface area contributed by atoms with Crippen molar-refractivity contribution in [2.24, 2.45) is 5.92 Å². The first-order chi connectivity index (χ1) is 6.79. The van der Waals surface area contributed by atoms with Gasteiger partial charge >= 0.3 is 0 Å².